The molecular weight excluding hydrogens is 204 g/mol. The number of nitrogens with zero attached hydrogens (tertiary/aromatic N) is 1. The number of likely N-dealkylation sites (tertiary alicyclic amines) is 1. The zero-order chi connectivity index (χ0) is 11.5. The third-order valence-electron chi connectivity index (χ3n) is 3.60. The van der Waals surface area contributed by atoms with Crippen molar-refractivity contribution in [3.63, 3.8) is 0 Å². The Morgan fingerprint density at radius 1 is 1.38 bits per heavy atom. The number of aliphatic carboxylic acids is 1. The predicted octanol–water partition coefficient (Wildman–Crippen LogP) is 0.923. The standard InChI is InChI=1S/C12H22N2O2/c1-2-9-5-11(13-10-3-4-10)7-14(6-9)8-12(15)16/h9-11,13H,2-8H2,1H3,(H,15,16). The molecule has 1 aliphatic carbocycles. The van der Waals surface area contributed by atoms with Gasteiger partial charge in [0.15, 0.2) is 0 Å². The quantitative estimate of drug-likeness (QED) is 0.732. The van der Waals surface area contributed by atoms with E-state index in [1.54, 1.807) is 0 Å². The summed E-state index contributed by atoms with van der Waals surface area (Å²) in [5, 5.41) is 12.5. The number of hydrogen-bond acceptors (Lipinski definition) is 3. The highest BCUT2D eigenvalue weighted by Gasteiger charge is 2.31. The fourth-order valence-electron chi connectivity index (χ4n) is 2.62. The normalized spacial score (nSPS) is 31.6. The smallest absolute Gasteiger partial charge is 0.317 e. The maximum atomic E-state index is 10.7. The first-order valence-corrected chi connectivity index (χ1v) is 6.37. The van der Waals surface area contributed by atoms with E-state index < -0.39 is 5.97 Å². The Kier molecular flexibility index (Phi) is 3.82. The van der Waals surface area contributed by atoms with E-state index in [0.29, 0.717) is 18.0 Å². The molecule has 16 heavy (non-hydrogen) atoms. The fourth-order valence-corrected chi connectivity index (χ4v) is 2.62. The molecule has 0 spiro atoms. The molecule has 0 aromatic heterocycles. The van der Waals surface area contributed by atoms with Crippen LogP contribution in [0, 0.1) is 5.92 Å². The van der Waals surface area contributed by atoms with Crippen molar-refractivity contribution in [2.24, 2.45) is 5.92 Å². The Morgan fingerprint density at radius 2 is 2.12 bits per heavy atom. The zero-order valence-electron chi connectivity index (χ0n) is 9.98. The maximum absolute atomic E-state index is 10.7. The number of carboxylic acid groups (broad SMARTS) is 1. The molecule has 2 fully saturated rings. The molecule has 0 amide bonds. The van der Waals surface area contributed by atoms with Gasteiger partial charge in [0.2, 0.25) is 0 Å². The highest BCUT2D eigenvalue weighted by Crippen LogP contribution is 2.24. The largest absolute Gasteiger partial charge is 0.480 e. The lowest BCUT2D eigenvalue weighted by molar-refractivity contribution is -0.138. The van der Waals surface area contributed by atoms with Crippen molar-refractivity contribution in [1.82, 2.24) is 10.2 Å². The third-order valence-corrected chi connectivity index (χ3v) is 3.60. The van der Waals surface area contributed by atoms with Crippen LogP contribution in [-0.2, 0) is 4.79 Å². The summed E-state index contributed by atoms with van der Waals surface area (Å²) < 4.78 is 0. The lowest BCUT2D eigenvalue weighted by Gasteiger charge is -2.37. The van der Waals surface area contributed by atoms with Crippen LogP contribution >= 0.6 is 0 Å². The van der Waals surface area contributed by atoms with Crippen LogP contribution in [0.25, 0.3) is 0 Å². The second-order valence-corrected chi connectivity index (χ2v) is 5.24. The van der Waals surface area contributed by atoms with Crippen molar-refractivity contribution in [2.75, 3.05) is 19.6 Å². The van der Waals surface area contributed by atoms with Gasteiger partial charge in [-0.3, -0.25) is 9.69 Å². The SMILES string of the molecule is CCC1CC(NC2CC2)CN(CC(=O)O)C1. The van der Waals surface area contributed by atoms with Gasteiger partial charge in [0, 0.05) is 25.2 Å². The molecule has 1 saturated heterocycles. The number of piperidine rings is 1. The van der Waals surface area contributed by atoms with E-state index in [1.807, 2.05) is 0 Å². The Hall–Kier alpha value is -0.610. The number of carbonyl (C=O) groups is 1. The van der Waals surface area contributed by atoms with Crippen molar-refractivity contribution in [3.05, 3.63) is 0 Å². The van der Waals surface area contributed by atoms with Gasteiger partial charge in [-0.15, -0.1) is 0 Å². The van der Waals surface area contributed by atoms with Gasteiger partial charge in [0.25, 0.3) is 0 Å². The van der Waals surface area contributed by atoms with Crippen LogP contribution in [0.4, 0.5) is 0 Å². The molecule has 1 heterocycles. The Balaban J connectivity index is 1.85. The molecule has 0 radical (unpaired) electrons. The molecule has 0 bridgehead atoms. The zero-order valence-corrected chi connectivity index (χ0v) is 9.98. The summed E-state index contributed by atoms with van der Waals surface area (Å²) in [4.78, 5) is 12.8. The summed E-state index contributed by atoms with van der Waals surface area (Å²) in [6.07, 6.45) is 4.96. The van der Waals surface area contributed by atoms with Gasteiger partial charge in [0.05, 0.1) is 6.54 Å². The first kappa shape index (κ1) is 11.9. The van der Waals surface area contributed by atoms with Crippen LogP contribution in [0.15, 0.2) is 0 Å². The topological polar surface area (TPSA) is 52.6 Å². The monoisotopic (exact) mass is 226 g/mol. The highest BCUT2D eigenvalue weighted by atomic mass is 16.4. The molecule has 2 unspecified atom stereocenters. The Labute approximate surface area is 97.0 Å². The number of hydrogen-bond donors (Lipinski definition) is 2. The van der Waals surface area contributed by atoms with Crippen LogP contribution in [0.3, 0.4) is 0 Å². The Bertz CT molecular complexity index is 253. The van der Waals surface area contributed by atoms with Crippen LogP contribution in [0.1, 0.15) is 32.6 Å². The van der Waals surface area contributed by atoms with Crippen molar-refractivity contribution < 1.29 is 9.90 Å². The molecule has 2 atom stereocenters. The van der Waals surface area contributed by atoms with Crippen LogP contribution in [0.5, 0.6) is 0 Å². The van der Waals surface area contributed by atoms with Gasteiger partial charge in [-0.05, 0) is 25.2 Å². The van der Waals surface area contributed by atoms with E-state index in [4.69, 9.17) is 5.11 Å². The maximum Gasteiger partial charge on any atom is 0.317 e. The number of nitrogens with one attached hydrogen (secondary N) is 1. The van der Waals surface area contributed by atoms with E-state index in [0.717, 1.165) is 19.5 Å². The lowest BCUT2D eigenvalue weighted by atomic mass is 9.92. The van der Waals surface area contributed by atoms with Crippen molar-refractivity contribution in [1.29, 1.82) is 0 Å². The second-order valence-electron chi connectivity index (χ2n) is 5.24. The van der Waals surface area contributed by atoms with Crippen molar-refractivity contribution in [3.8, 4) is 0 Å². The van der Waals surface area contributed by atoms with Crippen LogP contribution in [0.2, 0.25) is 0 Å². The van der Waals surface area contributed by atoms with E-state index in [1.165, 1.54) is 19.3 Å². The predicted molar refractivity (Wildman–Crippen MR) is 62.4 cm³/mol. The first-order chi connectivity index (χ1) is 7.67. The first-order valence-electron chi connectivity index (χ1n) is 6.37. The molecular formula is C12H22N2O2. The van der Waals surface area contributed by atoms with Gasteiger partial charge < -0.3 is 10.4 Å². The minimum atomic E-state index is -0.707. The van der Waals surface area contributed by atoms with E-state index >= 15 is 0 Å². The minimum Gasteiger partial charge on any atom is -0.480 e. The van der Waals surface area contributed by atoms with Crippen molar-refractivity contribution >= 4 is 5.97 Å². The van der Waals surface area contributed by atoms with Gasteiger partial charge in [0.1, 0.15) is 0 Å². The summed E-state index contributed by atoms with van der Waals surface area (Å²) in [7, 11) is 0. The van der Waals surface area contributed by atoms with Crippen LogP contribution < -0.4 is 5.32 Å². The summed E-state index contributed by atoms with van der Waals surface area (Å²) in [6.45, 7) is 4.24. The number of carboxylic acids is 1. The lowest BCUT2D eigenvalue weighted by Crippen LogP contribution is -2.51. The van der Waals surface area contributed by atoms with Gasteiger partial charge >= 0.3 is 5.97 Å². The molecule has 2 rings (SSSR count). The summed E-state index contributed by atoms with van der Waals surface area (Å²) in [5.41, 5.74) is 0. The minimum absolute atomic E-state index is 0.194. The van der Waals surface area contributed by atoms with E-state index in [9.17, 15) is 4.79 Å². The molecule has 4 nitrogen and oxygen atoms in total. The highest BCUT2D eigenvalue weighted by molar-refractivity contribution is 5.69. The molecule has 2 aliphatic rings. The van der Waals surface area contributed by atoms with Crippen molar-refractivity contribution in [2.45, 2.75) is 44.7 Å². The average molecular weight is 226 g/mol. The fraction of sp³-hybridized carbons (Fsp3) is 0.917. The molecule has 2 N–H and O–H groups in total. The summed E-state index contributed by atoms with van der Waals surface area (Å²) in [5.74, 6) is -0.0497. The second kappa shape index (κ2) is 5.15. The third kappa shape index (κ3) is 3.46. The molecule has 92 valence electrons. The molecule has 1 saturated carbocycles. The summed E-state index contributed by atoms with van der Waals surface area (Å²) in [6, 6.07) is 1.22. The van der Waals surface area contributed by atoms with E-state index in [-0.39, 0.29) is 6.54 Å². The number of rotatable bonds is 5. The van der Waals surface area contributed by atoms with E-state index in [2.05, 4.69) is 17.1 Å². The van der Waals surface area contributed by atoms with Gasteiger partial charge in [-0.1, -0.05) is 13.3 Å². The molecule has 1 aliphatic heterocycles. The summed E-state index contributed by atoms with van der Waals surface area (Å²) >= 11 is 0. The van der Waals surface area contributed by atoms with Gasteiger partial charge in [-0.2, -0.15) is 0 Å². The Morgan fingerprint density at radius 3 is 2.69 bits per heavy atom. The molecule has 4 heteroatoms. The average Bonchev–Trinajstić information content (AvgIpc) is 3.00. The molecule has 0 aromatic carbocycles. The molecule has 0 aromatic rings. The van der Waals surface area contributed by atoms with Gasteiger partial charge in [-0.25, -0.2) is 0 Å². The van der Waals surface area contributed by atoms with Crippen LogP contribution in [-0.4, -0.2) is 47.7 Å².